The van der Waals surface area contributed by atoms with E-state index >= 15 is 0 Å². The normalized spacial score (nSPS) is 14.9. The van der Waals surface area contributed by atoms with Gasteiger partial charge >= 0.3 is 0 Å². The molecule has 84 valence electrons. The molecule has 0 aliphatic carbocycles. The topological polar surface area (TPSA) is 45.1 Å². The maximum atomic E-state index is 9.20. The predicted octanol–water partition coefficient (Wildman–Crippen LogP) is 2.09. The van der Waals surface area contributed by atoms with Gasteiger partial charge in [0.2, 0.25) is 0 Å². The number of nitrogens with one attached hydrogen (secondary N) is 1. The summed E-state index contributed by atoms with van der Waals surface area (Å²) in [6.07, 6.45) is 0.497. The molecular weight excluding hydrogens is 256 g/mol. The van der Waals surface area contributed by atoms with Crippen molar-refractivity contribution in [1.29, 1.82) is 0 Å². The van der Waals surface area contributed by atoms with Gasteiger partial charge in [0.1, 0.15) is 4.60 Å². The van der Waals surface area contributed by atoms with Gasteiger partial charge in [-0.1, -0.05) is 6.07 Å². The summed E-state index contributed by atoms with van der Waals surface area (Å²) in [5.74, 6) is 0. The number of rotatable bonds is 5. The molecule has 2 unspecified atom stereocenters. The van der Waals surface area contributed by atoms with Gasteiger partial charge in [-0.25, -0.2) is 4.98 Å². The molecule has 0 aromatic carbocycles. The van der Waals surface area contributed by atoms with Gasteiger partial charge in [-0.05, 0) is 48.3 Å². The minimum absolute atomic E-state index is 0.261. The second-order valence-electron chi connectivity index (χ2n) is 3.82. The third-order valence-electron chi connectivity index (χ3n) is 2.10. The van der Waals surface area contributed by atoms with Gasteiger partial charge in [-0.3, -0.25) is 0 Å². The molecule has 1 aromatic heterocycles. The lowest BCUT2D eigenvalue weighted by molar-refractivity contribution is 0.170. The van der Waals surface area contributed by atoms with Crippen LogP contribution in [0.2, 0.25) is 0 Å². The van der Waals surface area contributed by atoms with Gasteiger partial charge < -0.3 is 10.4 Å². The highest BCUT2D eigenvalue weighted by atomic mass is 79.9. The van der Waals surface area contributed by atoms with Crippen LogP contribution in [0, 0.1) is 0 Å². The number of hydrogen-bond acceptors (Lipinski definition) is 3. The minimum Gasteiger partial charge on any atom is -0.393 e. The molecule has 0 bridgehead atoms. The third-order valence-corrected chi connectivity index (χ3v) is 2.54. The molecule has 0 aliphatic rings. The zero-order chi connectivity index (χ0) is 11.3. The van der Waals surface area contributed by atoms with Crippen LogP contribution in [0.4, 0.5) is 0 Å². The van der Waals surface area contributed by atoms with Gasteiger partial charge in [-0.15, -0.1) is 0 Å². The van der Waals surface area contributed by atoms with Crippen molar-refractivity contribution in [2.75, 3.05) is 0 Å². The number of aliphatic hydroxyl groups excluding tert-OH is 1. The lowest BCUT2D eigenvalue weighted by Gasteiger charge is -2.14. The Morgan fingerprint density at radius 3 is 2.80 bits per heavy atom. The SMILES string of the molecule is CC(O)CC(C)NCc1cccc(Br)n1. The van der Waals surface area contributed by atoms with Crippen molar-refractivity contribution in [1.82, 2.24) is 10.3 Å². The van der Waals surface area contributed by atoms with Crippen molar-refractivity contribution in [2.24, 2.45) is 0 Å². The number of pyridine rings is 1. The summed E-state index contributed by atoms with van der Waals surface area (Å²) in [6, 6.07) is 6.15. The summed E-state index contributed by atoms with van der Waals surface area (Å²) in [6.45, 7) is 4.59. The van der Waals surface area contributed by atoms with Crippen LogP contribution in [0.25, 0.3) is 0 Å². The summed E-state index contributed by atoms with van der Waals surface area (Å²) < 4.78 is 0.852. The van der Waals surface area contributed by atoms with Gasteiger partial charge in [0.05, 0.1) is 11.8 Å². The number of halogens is 1. The first kappa shape index (κ1) is 12.6. The Hall–Kier alpha value is -0.450. The highest BCUT2D eigenvalue weighted by Crippen LogP contribution is 2.06. The molecule has 1 heterocycles. The molecule has 0 radical (unpaired) electrons. The van der Waals surface area contributed by atoms with Crippen LogP contribution >= 0.6 is 15.9 Å². The number of aliphatic hydroxyl groups is 1. The van der Waals surface area contributed by atoms with Crippen LogP contribution in [0.15, 0.2) is 22.8 Å². The van der Waals surface area contributed by atoms with Gasteiger partial charge in [-0.2, -0.15) is 0 Å². The molecular formula is C11H17BrN2O. The van der Waals surface area contributed by atoms with Crippen molar-refractivity contribution in [3.05, 3.63) is 28.5 Å². The fourth-order valence-electron chi connectivity index (χ4n) is 1.42. The van der Waals surface area contributed by atoms with Crippen LogP contribution in [-0.4, -0.2) is 22.2 Å². The van der Waals surface area contributed by atoms with E-state index in [9.17, 15) is 5.11 Å². The third kappa shape index (κ3) is 5.25. The van der Waals surface area contributed by atoms with Crippen LogP contribution in [-0.2, 0) is 6.54 Å². The number of aromatic nitrogens is 1. The monoisotopic (exact) mass is 272 g/mol. The lowest BCUT2D eigenvalue weighted by atomic mass is 10.1. The molecule has 3 nitrogen and oxygen atoms in total. The standard InChI is InChI=1S/C11H17BrN2O/c1-8(6-9(2)15)13-7-10-4-3-5-11(12)14-10/h3-5,8-9,13,15H,6-7H2,1-2H3. The van der Waals surface area contributed by atoms with E-state index < -0.39 is 0 Å². The molecule has 15 heavy (non-hydrogen) atoms. The first-order chi connectivity index (χ1) is 7.08. The second-order valence-corrected chi connectivity index (χ2v) is 4.63. The van der Waals surface area contributed by atoms with Crippen molar-refractivity contribution >= 4 is 15.9 Å². The largest absolute Gasteiger partial charge is 0.393 e. The zero-order valence-corrected chi connectivity index (χ0v) is 10.7. The molecule has 0 saturated heterocycles. The zero-order valence-electron chi connectivity index (χ0n) is 9.07. The van der Waals surface area contributed by atoms with E-state index in [0.29, 0.717) is 6.04 Å². The predicted molar refractivity (Wildman–Crippen MR) is 64.5 cm³/mol. The molecule has 0 amide bonds. The van der Waals surface area contributed by atoms with E-state index in [1.54, 1.807) is 6.92 Å². The van der Waals surface area contributed by atoms with E-state index in [1.165, 1.54) is 0 Å². The molecule has 0 spiro atoms. The fourth-order valence-corrected chi connectivity index (χ4v) is 1.80. The van der Waals surface area contributed by atoms with Crippen LogP contribution in [0.1, 0.15) is 26.0 Å². The smallest absolute Gasteiger partial charge is 0.106 e. The Balaban J connectivity index is 2.36. The van der Waals surface area contributed by atoms with Crippen molar-refractivity contribution in [2.45, 2.75) is 39.0 Å². The Bertz CT molecular complexity index is 304. The average molecular weight is 273 g/mol. The maximum Gasteiger partial charge on any atom is 0.106 e. The quantitative estimate of drug-likeness (QED) is 0.807. The van der Waals surface area contributed by atoms with E-state index in [2.05, 4.69) is 33.2 Å². The summed E-state index contributed by atoms with van der Waals surface area (Å²) in [4.78, 5) is 4.32. The molecule has 1 aromatic rings. The Kier molecular flexibility index (Phi) is 5.22. The van der Waals surface area contributed by atoms with Crippen molar-refractivity contribution < 1.29 is 5.11 Å². The highest BCUT2D eigenvalue weighted by molar-refractivity contribution is 9.10. The van der Waals surface area contributed by atoms with E-state index in [1.807, 2.05) is 18.2 Å². The minimum atomic E-state index is -0.261. The van der Waals surface area contributed by atoms with E-state index in [4.69, 9.17) is 0 Å². The molecule has 0 aliphatic heterocycles. The molecule has 4 heteroatoms. The summed E-state index contributed by atoms with van der Waals surface area (Å²) in [7, 11) is 0. The Morgan fingerprint density at radius 1 is 1.47 bits per heavy atom. The molecule has 0 fully saturated rings. The molecule has 0 saturated carbocycles. The van der Waals surface area contributed by atoms with Gasteiger partial charge in [0.15, 0.2) is 0 Å². The molecule has 2 atom stereocenters. The highest BCUT2D eigenvalue weighted by Gasteiger charge is 2.05. The lowest BCUT2D eigenvalue weighted by Crippen LogP contribution is -2.29. The van der Waals surface area contributed by atoms with E-state index in [-0.39, 0.29) is 6.10 Å². The molecule has 1 rings (SSSR count). The van der Waals surface area contributed by atoms with Crippen molar-refractivity contribution in [3.63, 3.8) is 0 Å². The number of nitrogens with zero attached hydrogens (tertiary/aromatic N) is 1. The summed E-state index contributed by atoms with van der Waals surface area (Å²) in [5.41, 5.74) is 1.00. The molecule has 2 N–H and O–H groups in total. The number of hydrogen-bond donors (Lipinski definition) is 2. The van der Waals surface area contributed by atoms with Gasteiger partial charge in [0.25, 0.3) is 0 Å². The average Bonchev–Trinajstić information content (AvgIpc) is 2.14. The van der Waals surface area contributed by atoms with Crippen LogP contribution in [0.3, 0.4) is 0 Å². The van der Waals surface area contributed by atoms with Crippen molar-refractivity contribution in [3.8, 4) is 0 Å². The first-order valence-electron chi connectivity index (χ1n) is 5.11. The van der Waals surface area contributed by atoms with Crippen LogP contribution in [0.5, 0.6) is 0 Å². The summed E-state index contributed by atoms with van der Waals surface area (Å²) >= 11 is 3.33. The summed E-state index contributed by atoms with van der Waals surface area (Å²) in [5, 5.41) is 12.5. The van der Waals surface area contributed by atoms with E-state index in [0.717, 1.165) is 23.3 Å². The maximum absolute atomic E-state index is 9.20. The Morgan fingerprint density at radius 2 is 2.20 bits per heavy atom. The van der Waals surface area contributed by atoms with Gasteiger partial charge in [0, 0.05) is 12.6 Å². The first-order valence-corrected chi connectivity index (χ1v) is 5.90. The second kappa shape index (κ2) is 6.20. The van der Waals surface area contributed by atoms with Crippen LogP contribution < -0.4 is 5.32 Å². The fraction of sp³-hybridized carbons (Fsp3) is 0.545. The Labute approximate surface area is 99.1 Å².